The number of rotatable bonds is 5. The van der Waals surface area contributed by atoms with Gasteiger partial charge in [-0.15, -0.1) is 0 Å². The van der Waals surface area contributed by atoms with Gasteiger partial charge in [0.05, 0.1) is 13.2 Å². The lowest BCUT2D eigenvalue weighted by Gasteiger charge is -2.31. The third-order valence-corrected chi connectivity index (χ3v) is 4.28. The highest BCUT2D eigenvalue weighted by Crippen LogP contribution is 2.22. The number of benzene rings is 1. The summed E-state index contributed by atoms with van der Waals surface area (Å²) in [7, 11) is 6.12. The molecule has 22 heavy (non-hydrogen) atoms. The van der Waals surface area contributed by atoms with Gasteiger partial charge in [-0.25, -0.2) is 0 Å². The molecule has 1 aromatic carbocycles. The minimum Gasteiger partial charge on any atom is -0.378 e. The van der Waals surface area contributed by atoms with E-state index in [2.05, 4.69) is 43.4 Å². The predicted molar refractivity (Wildman–Crippen MR) is 88.1 cm³/mol. The van der Waals surface area contributed by atoms with Crippen molar-refractivity contribution >= 4 is 5.91 Å². The molecule has 1 heterocycles. The molecule has 2 rings (SSSR count). The maximum absolute atomic E-state index is 12.5. The minimum absolute atomic E-state index is 0.0953. The Labute approximate surface area is 133 Å². The van der Waals surface area contributed by atoms with Crippen LogP contribution in [0.3, 0.4) is 0 Å². The Balaban J connectivity index is 2.13. The van der Waals surface area contributed by atoms with Gasteiger partial charge in [0.15, 0.2) is 0 Å². The van der Waals surface area contributed by atoms with Crippen LogP contribution >= 0.6 is 0 Å². The first-order valence-corrected chi connectivity index (χ1v) is 7.85. The van der Waals surface area contributed by atoms with Crippen LogP contribution in [0.25, 0.3) is 0 Å². The molecule has 1 aliphatic rings. The van der Waals surface area contributed by atoms with Crippen LogP contribution in [0.15, 0.2) is 24.3 Å². The van der Waals surface area contributed by atoms with Gasteiger partial charge in [-0.1, -0.05) is 12.1 Å². The quantitative estimate of drug-likeness (QED) is 0.892. The van der Waals surface area contributed by atoms with Crippen LogP contribution in [0.2, 0.25) is 0 Å². The lowest BCUT2D eigenvalue weighted by Crippen LogP contribution is -2.40. The van der Waals surface area contributed by atoms with E-state index in [1.807, 2.05) is 24.1 Å². The molecule has 0 spiro atoms. The van der Waals surface area contributed by atoms with Crippen molar-refractivity contribution in [1.82, 2.24) is 15.1 Å². The molecule has 1 unspecified atom stereocenters. The van der Waals surface area contributed by atoms with Gasteiger partial charge >= 0.3 is 0 Å². The highest BCUT2D eigenvalue weighted by atomic mass is 16.5. The number of nitrogens with one attached hydrogen (secondary N) is 1. The highest BCUT2D eigenvalue weighted by Gasteiger charge is 2.22. The number of hydrogen-bond donors (Lipinski definition) is 1. The second-order valence-corrected chi connectivity index (χ2v) is 6.01. The van der Waals surface area contributed by atoms with E-state index >= 15 is 0 Å². The van der Waals surface area contributed by atoms with Crippen LogP contribution in [0.5, 0.6) is 0 Å². The molecule has 1 saturated heterocycles. The zero-order valence-electron chi connectivity index (χ0n) is 14.0. The summed E-state index contributed by atoms with van der Waals surface area (Å²) in [5, 5.41) is 3.30. The highest BCUT2D eigenvalue weighted by molar-refractivity contribution is 5.94. The maximum atomic E-state index is 12.5. The van der Waals surface area contributed by atoms with Crippen LogP contribution in [-0.4, -0.2) is 69.2 Å². The molecule has 1 aliphatic heterocycles. The molecule has 0 aromatic heterocycles. The number of likely N-dealkylation sites (N-methyl/N-ethyl adjacent to an activating group) is 2. The van der Waals surface area contributed by atoms with Gasteiger partial charge in [-0.2, -0.15) is 0 Å². The molecule has 0 radical (unpaired) electrons. The molecular weight excluding hydrogens is 278 g/mol. The fourth-order valence-corrected chi connectivity index (χ4v) is 2.96. The van der Waals surface area contributed by atoms with Crippen molar-refractivity contribution in [3.63, 3.8) is 0 Å². The molecule has 0 saturated carbocycles. The number of nitrogens with zero attached hydrogens (tertiary/aromatic N) is 2. The summed E-state index contributed by atoms with van der Waals surface area (Å²) in [4.78, 5) is 16.5. The number of carbonyl (C=O) groups excluding carboxylic acids is 1. The molecule has 1 fully saturated rings. The Morgan fingerprint density at radius 1 is 1.23 bits per heavy atom. The third kappa shape index (κ3) is 3.85. The number of ether oxygens (including phenoxy) is 1. The normalized spacial score (nSPS) is 18.3. The van der Waals surface area contributed by atoms with Crippen molar-refractivity contribution in [3.05, 3.63) is 35.4 Å². The number of carbonyl (C=O) groups is 1. The Morgan fingerprint density at radius 3 is 2.32 bits per heavy atom. The average Bonchev–Trinajstić information content (AvgIpc) is 2.55. The molecular formula is C17H27N3O2. The topological polar surface area (TPSA) is 44.8 Å². The van der Waals surface area contributed by atoms with Gasteiger partial charge in [0.25, 0.3) is 5.91 Å². The SMILES string of the molecule is CN[C@@H](C)C(c1ccc(C(=O)N2CCOCC2)cc1)N(C)C. The molecule has 0 aliphatic carbocycles. The first kappa shape index (κ1) is 16.9. The molecule has 1 amide bonds. The van der Waals surface area contributed by atoms with E-state index in [0.29, 0.717) is 32.3 Å². The number of amides is 1. The monoisotopic (exact) mass is 305 g/mol. The zero-order valence-corrected chi connectivity index (χ0v) is 14.0. The second-order valence-electron chi connectivity index (χ2n) is 6.01. The Bertz CT molecular complexity index is 481. The fourth-order valence-electron chi connectivity index (χ4n) is 2.96. The van der Waals surface area contributed by atoms with Crippen molar-refractivity contribution in [3.8, 4) is 0 Å². The smallest absolute Gasteiger partial charge is 0.254 e. The molecule has 2 atom stereocenters. The van der Waals surface area contributed by atoms with Crippen molar-refractivity contribution in [2.75, 3.05) is 47.4 Å². The van der Waals surface area contributed by atoms with E-state index in [-0.39, 0.29) is 11.9 Å². The molecule has 122 valence electrons. The van der Waals surface area contributed by atoms with E-state index < -0.39 is 0 Å². The van der Waals surface area contributed by atoms with Crippen LogP contribution in [0.4, 0.5) is 0 Å². The summed E-state index contributed by atoms with van der Waals surface area (Å²) in [6, 6.07) is 8.60. The summed E-state index contributed by atoms with van der Waals surface area (Å²) in [6.07, 6.45) is 0. The van der Waals surface area contributed by atoms with Crippen molar-refractivity contribution in [2.45, 2.75) is 19.0 Å². The Hall–Kier alpha value is -1.43. The predicted octanol–water partition coefficient (Wildman–Crippen LogP) is 1.37. The summed E-state index contributed by atoms with van der Waals surface area (Å²) in [5.74, 6) is 0.0953. The molecule has 1 N–H and O–H groups in total. The maximum Gasteiger partial charge on any atom is 0.254 e. The van der Waals surface area contributed by atoms with Crippen LogP contribution in [0, 0.1) is 0 Å². The zero-order chi connectivity index (χ0) is 16.1. The van der Waals surface area contributed by atoms with Crippen LogP contribution < -0.4 is 5.32 Å². The van der Waals surface area contributed by atoms with E-state index in [0.717, 1.165) is 5.56 Å². The van der Waals surface area contributed by atoms with Crippen molar-refractivity contribution < 1.29 is 9.53 Å². The minimum atomic E-state index is 0.0953. The summed E-state index contributed by atoms with van der Waals surface area (Å²) in [6.45, 7) is 4.78. The van der Waals surface area contributed by atoms with E-state index in [9.17, 15) is 4.79 Å². The van der Waals surface area contributed by atoms with Crippen molar-refractivity contribution in [2.24, 2.45) is 0 Å². The molecule has 0 bridgehead atoms. The van der Waals surface area contributed by atoms with Gasteiger partial charge in [-0.05, 0) is 45.8 Å². The average molecular weight is 305 g/mol. The number of morpholine rings is 1. The van der Waals surface area contributed by atoms with E-state index in [1.54, 1.807) is 0 Å². The summed E-state index contributed by atoms with van der Waals surface area (Å²) < 4.78 is 5.30. The second kappa shape index (κ2) is 7.72. The molecule has 1 aromatic rings. The summed E-state index contributed by atoms with van der Waals surface area (Å²) in [5.41, 5.74) is 1.96. The standard InChI is InChI=1S/C17H27N3O2/c1-13(18-2)16(19(3)4)14-5-7-15(8-6-14)17(21)20-9-11-22-12-10-20/h5-8,13,16,18H,9-12H2,1-4H3/t13-,16?/m0/s1. The Morgan fingerprint density at radius 2 is 1.82 bits per heavy atom. The lowest BCUT2D eigenvalue weighted by atomic mass is 9.98. The molecule has 5 heteroatoms. The fraction of sp³-hybridized carbons (Fsp3) is 0.588. The lowest BCUT2D eigenvalue weighted by molar-refractivity contribution is 0.0303. The number of hydrogen-bond acceptors (Lipinski definition) is 4. The van der Waals surface area contributed by atoms with Gasteiger partial charge < -0.3 is 19.9 Å². The first-order valence-electron chi connectivity index (χ1n) is 7.85. The Kier molecular flexibility index (Phi) is 5.94. The summed E-state index contributed by atoms with van der Waals surface area (Å²) >= 11 is 0. The first-order chi connectivity index (χ1) is 10.5. The van der Waals surface area contributed by atoms with Gasteiger partial charge in [0, 0.05) is 30.7 Å². The van der Waals surface area contributed by atoms with Gasteiger partial charge in [0.2, 0.25) is 0 Å². The van der Waals surface area contributed by atoms with Gasteiger partial charge in [0.1, 0.15) is 0 Å². The van der Waals surface area contributed by atoms with E-state index in [1.165, 1.54) is 5.56 Å². The van der Waals surface area contributed by atoms with E-state index in [4.69, 9.17) is 4.74 Å². The van der Waals surface area contributed by atoms with Crippen LogP contribution in [0.1, 0.15) is 28.9 Å². The largest absolute Gasteiger partial charge is 0.378 e. The van der Waals surface area contributed by atoms with Gasteiger partial charge in [-0.3, -0.25) is 4.79 Å². The van der Waals surface area contributed by atoms with Crippen LogP contribution in [-0.2, 0) is 4.74 Å². The van der Waals surface area contributed by atoms with Crippen molar-refractivity contribution in [1.29, 1.82) is 0 Å². The molecule has 5 nitrogen and oxygen atoms in total. The third-order valence-electron chi connectivity index (χ3n) is 4.28.